The fourth-order valence-electron chi connectivity index (χ4n) is 0.767. The van der Waals surface area contributed by atoms with Crippen molar-refractivity contribution in [3.63, 3.8) is 0 Å². The molecule has 0 heterocycles. The van der Waals surface area contributed by atoms with Crippen LogP contribution in [0.15, 0.2) is 23.7 Å². The zero-order chi connectivity index (χ0) is 11.5. The van der Waals surface area contributed by atoms with Gasteiger partial charge in [-0.15, -0.1) is 0 Å². The molecule has 0 amide bonds. The lowest BCUT2D eigenvalue weighted by Gasteiger charge is -2.04. The summed E-state index contributed by atoms with van der Waals surface area (Å²) in [7, 11) is 0. The SMILES string of the molecule is CC(C)=COCCOCCOC=C(C)C. The summed E-state index contributed by atoms with van der Waals surface area (Å²) < 4.78 is 15.7. The quantitative estimate of drug-likeness (QED) is 0.459. The predicted octanol–water partition coefficient (Wildman–Crippen LogP) is 2.88. The first-order valence-corrected chi connectivity index (χ1v) is 5.20. The average Bonchev–Trinajstić information content (AvgIpc) is 2.14. The highest BCUT2D eigenvalue weighted by Crippen LogP contribution is 1.91. The Labute approximate surface area is 92.7 Å². The van der Waals surface area contributed by atoms with Crippen molar-refractivity contribution in [2.45, 2.75) is 27.7 Å². The molecule has 0 aromatic carbocycles. The van der Waals surface area contributed by atoms with E-state index in [1.807, 2.05) is 27.7 Å². The molecule has 0 atom stereocenters. The highest BCUT2D eigenvalue weighted by Gasteiger charge is 1.88. The Bertz CT molecular complexity index is 177. The third-order valence-electron chi connectivity index (χ3n) is 1.33. The van der Waals surface area contributed by atoms with Crippen LogP contribution < -0.4 is 0 Å². The van der Waals surface area contributed by atoms with Gasteiger partial charge >= 0.3 is 0 Å². The monoisotopic (exact) mass is 214 g/mol. The molecule has 0 spiro atoms. The zero-order valence-electron chi connectivity index (χ0n) is 10.2. The molecule has 0 aromatic rings. The fraction of sp³-hybridized carbons (Fsp3) is 0.667. The molecule has 0 fully saturated rings. The van der Waals surface area contributed by atoms with Gasteiger partial charge in [-0.25, -0.2) is 0 Å². The van der Waals surface area contributed by atoms with Gasteiger partial charge in [0.05, 0.1) is 25.7 Å². The van der Waals surface area contributed by atoms with E-state index in [0.29, 0.717) is 26.4 Å². The third kappa shape index (κ3) is 13.0. The Morgan fingerprint density at radius 2 is 1.13 bits per heavy atom. The highest BCUT2D eigenvalue weighted by atomic mass is 16.5. The lowest BCUT2D eigenvalue weighted by Crippen LogP contribution is -2.06. The van der Waals surface area contributed by atoms with Crippen molar-refractivity contribution >= 4 is 0 Å². The molecule has 0 aromatic heterocycles. The van der Waals surface area contributed by atoms with Crippen LogP contribution in [0.3, 0.4) is 0 Å². The van der Waals surface area contributed by atoms with Crippen LogP contribution in [0.2, 0.25) is 0 Å². The Hall–Kier alpha value is -0.960. The van der Waals surface area contributed by atoms with Crippen LogP contribution in [-0.2, 0) is 14.2 Å². The minimum atomic E-state index is 0.591. The van der Waals surface area contributed by atoms with Crippen molar-refractivity contribution in [1.29, 1.82) is 0 Å². The van der Waals surface area contributed by atoms with Gasteiger partial charge in [-0.05, 0) is 38.8 Å². The number of ether oxygens (including phenoxy) is 3. The Kier molecular flexibility index (Phi) is 8.98. The molecule has 0 aliphatic carbocycles. The van der Waals surface area contributed by atoms with Crippen molar-refractivity contribution in [1.82, 2.24) is 0 Å². The fourth-order valence-corrected chi connectivity index (χ4v) is 0.767. The van der Waals surface area contributed by atoms with E-state index in [4.69, 9.17) is 14.2 Å². The smallest absolute Gasteiger partial charge is 0.111 e. The van der Waals surface area contributed by atoms with Crippen LogP contribution in [0.1, 0.15) is 27.7 Å². The molecule has 0 aliphatic heterocycles. The Morgan fingerprint density at radius 1 is 0.733 bits per heavy atom. The van der Waals surface area contributed by atoms with Crippen LogP contribution in [0.4, 0.5) is 0 Å². The first kappa shape index (κ1) is 14.0. The van der Waals surface area contributed by atoms with Gasteiger partial charge in [0.2, 0.25) is 0 Å². The van der Waals surface area contributed by atoms with Gasteiger partial charge in [0.15, 0.2) is 0 Å². The van der Waals surface area contributed by atoms with Crippen LogP contribution in [0.5, 0.6) is 0 Å². The van der Waals surface area contributed by atoms with Crippen molar-refractivity contribution in [3.8, 4) is 0 Å². The van der Waals surface area contributed by atoms with Crippen LogP contribution in [0, 0.1) is 0 Å². The maximum absolute atomic E-state index is 5.29. The molecular weight excluding hydrogens is 192 g/mol. The summed E-state index contributed by atoms with van der Waals surface area (Å²) in [5, 5.41) is 0. The first-order valence-electron chi connectivity index (χ1n) is 5.20. The molecule has 0 unspecified atom stereocenters. The normalized spacial score (nSPS) is 9.33. The second-order valence-electron chi connectivity index (χ2n) is 3.74. The van der Waals surface area contributed by atoms with Gasteiger partial charge in [-0.2, -0.15) is 0 Å². The third-order valence-corrected chi connectivity index (χ3v) is 1.33. The van der Waals surface area contributed by atoms with Crippen LogP contribution >= 0.6 is 0 Å². The van der Waals surface area contributed by atoms with Gasteiger partial charge in [0, 0.05) is 0 Å². The van der Waals surface area contributed by atoms with E-state index >= 15 is 0 Å². The molecular formula is C12H22O3. The number of rotatable bonds is 8. The lowest BCUT2D eigenvalue weighted by molar-refractivity contribution is 0.0550. The maximum atomic E-state index is 5.29. The van der Waals surface area contributed by atoms with E-state index in [1.165, 1.54) is 0 Å². The van der Waals surface area contributed by atoms with Crippen molar-refractivity contribution in [2.24, 2.45) is 0 Å². The molecule has 0 bridgehead atoms. The van der Waals surface area contributed by atoms with E-state index in [0.717, 1.165) is 11.1 Å². The summed E-state index contributed by atoms with van der Waals surface area (Å²) in [6.07, 6.45) is 3.48. The summed E-state index contributed by atoms with van der Waals surface area (Å²) in [5.74, 6) is 0. The lowest BCUT2D eigenvalue weighted by atomic mass is 10.4. The summed E-state index contributed by atoms with van der Waals surface area (Å²) in [6, 6.07) is 0. The molecule has 15 heavy (non-hydrogen) atoms. The molecule has 0 radical (unpaired) electrons. The molecule has 0 saturated carbocycles. The molecule has 3 heteroatoms. The van der Waals surface area contributed by atoms with Crippen LogP contribution in [0.25, 0.3) is 0 Å². The second-order valence-corrected chi connectivity index (χ2v) is 3.74. The second kappa shape index (κ2) is 9.59. The van der Waals surface area contributed by atoms with Gasteiger partial charge in [0.25, 0.3) is 0 Å². The van der Waals surface area contributed by atoms with Crippen molar-refractivity contribution in [3.05, 3.63) is 23.7 Å². The van der Waals surface area contributed by atoms with E-state index in [9.17, 15) is 0 Å². The van der Waals surface area contributed by atoms with Gasteiger partial charge in [-0.3, -0.25) is 0 Å². The van der Waals surface area contributed by atoms with Crippen molar-refractivity contribution < 1.29 is 14.2 Å². The van der Waals surface area contributed by atoms with E-state index < -0.39 is 0 Å². The minimum Gasteiger partial charge on any atom is -0.499 e. The topological polar surface area (TPSA) is 27.7 Å². The zero-order valence-corrected chi connectivity index (χ0v) is 10.2. The number of hydrogen-bond donors (Lipinski definition) is 0. The van der Waals surface area contributed by atoms with E-state index in [2.05, 4.69) is 0 Å². The molecule has 0 aliphatic rings. The van der Waals surface area contributed by atoms with Gasteiger partial charge in [-0.1, -0.05) is 0 Å². The number of hydrogen-bond acceptors (Lipinski definition) is 3. The van der Waals surface area contributed by atoms with Gasteiger partial charge < -0.3 is 14.2 Å². The first-order chi connectivity index (χ1) is 7.13. The summed E-state index contributed by atoms with van der Waals surface area (Å²) >= 11 is 0. The van der Waals surface area contributed by atoms with E-state index in [-0.39, 0.29) is 0 Å². The molecule has 0 rings (SSSR count). The minimum absolute atomic E-state index is 0.591. The summed E-state index contributed by atoms with van der Waals surface area (Å²) in [4.78, 5) is 0. The molecule has 88 valence electrons. The Balaban J connectivity index is 3.12. The van der Waals surface area contributed by atoms with Crippen molar-refractivity contribution in [2.75, 3.05) is 26.4 Å². The molecule has 0 N–H and O–H groups in total. The standard InChI is InChI=1S/C12H22O3/c1-11(2)9-14-7-5-13-6-8-15-10-12(3)4/h9-10H,5-8H2,1-4H3. The molecule has 0 saturated heterocycles. The summed E-state index contributed by atoms with van der Waals surface area (Å²) in [6.45, 7) is 10.4. The Morgan fingerprint density at radius 3 is 1.47 bits per heavy atom. The summed E-state index contributed by atoms with van der Waals surface area (Å²) in [5.41, 5.74) is 2.31. The maximum Gasteiger partial charge on any atom is 0.111 e. The largest absolute Gasteiger partial charge is 0.499 e. The highest BCUT2D eigenvalue weighted by molar-refractivity contribution is 4.86. The number of allylic oxidation sites excluding steroid dienone is 2. The average molecular weight is 214 g/mol. The predicted molar refractivity (Wildman–Crippen MR) is 61.6 cm³/mol. The molecule has 3 nitrogen and oxygen atoms in total. The van der Waals surface area contributed by atoms with Gasteiger partial charge in [0.1, 0.15) is 13.2 Å². The van der Waals surface area contributed by atoms with Crippen LogP contribution in [-0.4, -0.2) is 26.4 Å². The van der Waals surface area contributed by atoms with E-state index in [1.54, 1.807) is 12.5 Å².